The van der Waals surface area contributed by atoms with E-state index in [0.717, 1.165) is 0 Å². The van der Waals surface area contributed by atoms with Crippen molar-refractivity contribution in [3.63, 3.8) is 0 Å². The Kier molecular flexibility index (Phi) is 2.46. The van der Waals surface area contributed by atoms with Gasteiger partial charge in [0.2, 0.25) is 0 Å². The first kappa shape index (κ1) is 13.3. The maximum atomic E-state index is 12.0. The fourth-order valence-electron chi connectivity index (χ4n) is 3.32. The van der Waals surface area contributed by atoms with Crippen molar-refractivity contribution in [2.24, 2.45) is 5.41 Å². The molecule has 0 amide bonds. The van der Waals surface area contributed by atoms with E-state index in [4.69, 9.17) is 14.2 Å². The van der Waals surface area contributed by atoms with E-state index in [0.29, 0.717) is 6.42 Å². The zero-order valence-electron chi connectivity index (χ0n) is 12.1. The van der Waals surface area contributed by atoms with Crippen LogP contribution in [0, 0.1) is 5.41 Å². The van der Waals surface area contributed by atoms with Gasteiger partial charge in [-0.15, -0.1) is 0 Å². The van der Waals surface area contributed by atoms with Crippen molar-refractivity contribution in [3.05, 3.63) is 0 Å². The van der Waals surface area contributed by atoms with Crippen LogP contribution >= 0.6 is 0 Å². The number of fused-ring (bicyclic) bond motifs is 5. The van der Waals surface area contributed by atoms with Gasteiger partial charge in [-0.3, -0.25) is 4.79 Å². The Morgan fingerprint density at radius 3 is 2.53 bits per heavy atom. The summed E-state index contributed by atoms with van der Waals surface area (Å²) in [6.07, 6.45) is -0.945. The van der Waals surface area contributed by atoms with Crippen LogP contribution in [0.25, 0.3) is 0 Å². The van der Waals surface area contributed by atoms with Crippen LogP contribution in [0.3, 0.4) is 0 Å². The SMILES string of the molecule is CC(C)(C)C(=O)O[C@H]1C[C@]2(C)O[C@](C)([C@H]1O)[C@H]1O[C@H]12. The number of ether oxygens (including phenoxy) is 3. The molecule has 3 aliphatic rings. The van der Waals surface area contributed by atoms with E-state index >= 15 is 0 Å². The second kappa shape index (κ2) is 3.51. The number of rotatable bonds is 1. The van der Waals surface area contributed by atoms with Gasteiger partial charge in [0, 0.05) is 6.42 Å². The standard InChI is InChI=1S/C14H22O5/c1-12(2,3)11(16)17-7-6-13(4)9-10(18-9)14(5,19-13)8(7)15/h7-10,15H,6H2,1-5H3/t7-,8-,9+,10-,13-,14+/m0/s1. The molecule has 0 aromatic heterocycles. The number of aliphatic hydroxyl groups is 1. The fraction of sp³-hybridized carbons (Fsp3) is 0.929. The number of aliphatic hydroxyl groups excluding tert-OH is 1. The number of carbonyl (C=O) groups is 1. The molecule has 6 atom stereocenters. The third-order valence-electron chi connectivity index (χ3n) is 4.53. The minimum atomic E-state index is -0.843. The Bertz CT molecular complexity index is 428. The quantitative estimate of drug-likeness (QED) is 0.569. The lowest BCUT2D eigenvalue weighted by molar-refractivity contribution is -0.260. The average Bonchev–Trinajstić information content (AvgIpc) is 3.01. The Balaban J connectivity index is 1.80. The zero-order valence-corrected chi connectivity index (χ0v) is 12.1. The normalized spacial score (nSPS) is 51.7. The van der Waals surface area contributed by atoms with Crippen LogP contribution in [-0.4, -0.2) is 46.7 Å². The molecule has 0 radical (unpaired) electrons. The molecule has 3 heterocycles. The van der Waals surface area contributed by atoms with Crippen molar-refractivity contribution in [1.29, 1.82) is 0 Å². The Morgan fingerprint density at radius 1 is 1.32 bits per heavy atom. The average molecular weight is 270 g/mol. The van der Waals surface area contributed by atoms with E-state index in [1.54, 1.807) is 20.8 Å². The molecule has 0 aromatic carbocycles. The molecular formula is C14H22O5. The summed E-state index contributed by atoms with van der Waals surface area (Å²) in [5.74, 6) is -0.292. The fourth-order valence-corrected chi connectivity index (χ4v) is 3.32. The van der Waals surface area contributed by atoms with Gasteiger partial charge in [0.1, 0.15) is 30.0 Å². The van der Waals surface area contributed by atoms with E-state index in [-0.39, 0.29) is 18.2 Å². The lowest BCUT2D eigenvalue weighted by Crippen LogP contribution is -2.60. The topological polar surface area (TPSA) is 68.3 Å². The number of carbonyl (C=O) groups excluding carboxylic acids is 1. The molecule has 19 heavy (non-hydrogen) atoms. The van der Waals surface area contributed by atoms with Gasteiger partial charge in [0.15, 0.2) is 0 Å². The maximum absolute atomic E-state index is 12.0. The van der Waals surface area contributed by atoms with Crippen LogP contribution in [0.15, 0.2) is 0 Å². The molecule has 108 valence electrons. The van der Waals surface area contributed by atoms with Crippen LogP contribution in [0.5, 0.6) is 0 Å². The summed E-state index contributed by atoms with van der Waals surface area (Å²) < 4.78 is 17.1. The molecule has 0 aromatic rings. The molecule has 1 N–H and O–H groups in total. The summed E-state index contributed by atoms with van der Waals surface area (Å²) in [7, 11) is 0. The molecule has 2 bridgehead atoms. The van der Waals surface area contributed by atoms with E-state index in [2.05, 4.69) is 0 Å². The van der Waals surface area contributed by atoms with E-state index < -0.39 is 28.8 Å². The Labute approximate surface area is 113 Å². The Morgan fingerprint density at radius 2 is 1.95 bits per heavy atom. The van der Waals surface area contributed by atoms with Crippen LogP contribution in [0.2, 0.25) is 0 Å². The molecular weight excluding hydrogens is 248 g/mol. The largest absolute Gasteiger partial charge is 0.459 e. The van der Waals surface area contributed by atoms with Gasteiger partial charge in [-0.25, -0.2) is 0 Å². The van der Waals surface area contributed by atoms with E-state index in [1.165, 1.54) is 0 Å². The van der Waals surface area contributed by atoms with Crippen molar-refractivity contribution in [2.75, 3.05) is 0 Å². The second-order valence-corrected chi connectivity index (χ2v) is 7.42. The number of esters is 1. The maximum Gasteiger partial charge on any atom is 0.311 e. The van der Waals surface area contributed by atoms with Crippen LogP contribution in [-0.2, 0) is 19.0 Å². The highest BCUT2D eigenvalue weighted by atomic mass is 16.7. The number of hydrogen-bond acceptors (Lipinski definition) is 5. The summed E-state index contributed by atoms with van der Waals surface area (Å²) in [5, 5.41) is 10.5. The zero-order chi connectivity index (χ0) is 14.2. The summed E-state index contributed by atoms with van der Waals surface area (Å²) in [4.78, 5) is 12.0. The van der Waals surface area contributed by atoms with Crippen molar-refractivity contribution in [2.45, 2.75) is 76.7 Å². The van der Waals surface area contributed by atoms with Gasteiger partial charge in [-0.2, -0.15) is 0 Å². The third-order valence-corrected chi connectivity index (χ3v) is 4.53. The minimum absolute atomic E-state index is 0.0190. The molecule has 0 aliphatic carbocycles. The summed E-state index contributed by atoms with van der Waals surface area (Å²) in [6, 6.07) is 0. The second-order valence-electron chi connectivity index (χ2n) is 7.42. The van der Waals surface area contributed by atoms with Crippen LogP contribution in [0.4, 0.5) is 0 Å². The van der Waals surface area contributed by atoms with Gasteiger partial charge < -0.3 is 19.3 Å². The van der Waals surface area contributed by atoms with Gasteiger partial charge >= 0.3 is 5.97 Å². The first-order valence-corrected chi connectivity index (χ1v) is 6.83. The third kappa shape index (κ3) is 1.75. The van der Waals surface area contributed by atoms with Crippen molar-refractivity contribution in [1.82, 2.24) is 0 Å². The monoisotopic (exact) mass is 270 g/mol. The van der Waals surface area contributed by atoms with Crippen LogP contribution < -0.4 is 0 Å². The lowest BCUT2D eigenvalue weighted by atomic mass is 9.87. The predicted octanol–water partition coefficient (Wildman–Crippen LogP) is 1.02. The summed E-state index contributed by atoms with van der Waals surface area (Å²) >= 11 is 0. The number of hydrogen-bond donors (Lipinski definition) is 1. The van der Waals surface area contributed by atoms with Crippen molar-refractivity contribution < 1.29 is 24.1 Å². The predicted molar refractivity (Wildman–Crippen MR) is 66.5 cm³/mol. The first-order valence-electron chi connectivity index (χ1n) is 6.83. The molecule has 0 saturated carbocycles. The van der Waals surface area contributed by atoms with Gasteiger partial charge in [-0.1, -0.05) is 0 Å². The summed E-state index contributed by atoms with van der Waals surface area (Å²) in [6.45, 7) is 9.22. The molecule has 5 heteroatoms. The Hall–Kier alpha value is -0.650. The highest BCUT2D eigenvalue weighted by Gasteiger charge is 2.76. The van der Waals surface area contributed by atoms with Gasteiger partial charge in [0.25, 0.3) is 0 Å². The molecule has 3 aliphatic heterocycles. The van der Waals surface area contributed by atoms with Crippen molar-refractivity contribution in [3.8, 4) is 0 Å². The summed E-state index contributed by atoms with van der Waals surface area (Å²) in [5.41, 5.74) is -1.79. The van der Waals surface area contributed by atoms with Crippen LogP contribution in [0.1, 0.15) is 41.0 Å². The highest BCUT2D eigenvalue weighted by Crippen LogP contribution is 2.58. The highest BCUT2D eigenvalue weighted by molar-refractivity contribution is 5.75. The van der Waals surface area contributed by atoms with Gasteiger partial charge in [-0.05, 0) is 34.6 Å². The molecule has 0 spiro atoms. The molecule has 3 saturated heterocycles. The minimum Gasteiger partial charge on any atom is -0.459 e. The van der Waals surface area contributed by atoms with E-state index in [9.17, 15) is 9.90 Å². The van der Waals surface area contributed by atoms with Crippen molar-refractivity contribution >= 4 is 5.97 Å². The van der Waals surface area contributed by atoms with E-state index in [1.807, 2.05) is 13.8 Å². The molecule has 3 fully saturated rings. The smallest absolute Gasteiger partial charge is 0.311 e. The van der Waals surface area contributed by atoms with Gasteiger partial charge in [0.05, 0.1) is 11.0 Å². The molecule has 0 unspecified atom stereocenters. The lowest BCUT2D eigenvalue weighted by Gasteiger charge is -2.46. The molecule has 5 nitrogen and oxygen atoms in total. The first-order chi connectivity index (χ1) is 8.58. The number of epoxide rings is 1. The molecule has 3 rings (SSSR count).